The lowest BCUT2D eigenvalue weighted by Gasteiger charge is -2.31. The molecular formula is C18H25N3O3. The van der Waals surface area contributed by atoms with Crippen molar-refractivity contribution in [3.05, 3.63) is 24.3 Å². The van der Waals surface area contributed by atoms with Crippen molar-refractivity contribution in [1.29, 1.82) is 0 Å². The lowest BCUT2D eigenvalue weighted by atomic mass is 9.96. The third-order valence-corrected chi connectivity index (χ3v) is 4.80. The molecule has 0 aliphatic carbocycles. The van der Waals surface area contributed by atoms with Crippen LogP contribution < -0.4 is 10.2 Å². The first-order chi connectivity index (χ1) is 11.6. The fourth-order valence-electron chi connectivity index (χ4n) is 3.30. The topological polar surface area (TPSA) is 61.9 Å². The summed E-state index contributed by atoms with van der Waals surface area (Å²) in [7, 11) is 0. The van der Waals surface area contributed by atoms with Gasteiger partial charge in [-0.15, -0.1) is 0 Å². The highest BCUT2D eigenvalue weighted by molar-refractivity contribution is 5.93. The summed E-state index contributed by atoms with van der Waals surface area (Å²) in [6.07, 6.45) is 1.46. The molecule has 0 spiro atoms. The second kappa shape index (κ2) is 7.66. The average Bonchev–Trinajstić information content (AvgIpc) is 2.63. The number of ether oxygens (including phenoxy) is 1. The van der Waals surface area contributed by atoms with Crippen LogP contribution in [-0.2, 0) is 14.3 Å². The quantitative estimate of drug-likeness (QED) is 0.916. The van der Waals surface area contributed by atoms with Gasteiger partial charge in [0.15, 0.2) is 0 Å². The second-order valence-corrected chi connectivity index (χ2v) is 6.42. The summed E-state index contributed by atoms with van der Waals surface area (Å²) in [5.41, 5.74) is 1.94. The molecule has 1 aromatic carbocycles. The summed E-state index contributed by atoms with van der Waals surface area (Å²) >= 11 is 0. The van der Waals surface area contributed by atoms with E-state index in [1.165, 1.54) is 0 Å². The number of carbonyl (C=O) groups is 2. The number of nitrogens with one attached hydrogen (secondary N) is 1. The number of hydrogen-bond acceptors (Lipinski definition) is 4. The smallest absolute Gasteiger partial charge is 0.227 e. The summed E-state index contributed by atoms with van der Waals surface area (Å²) in [5, 5.41) is 3.03. The van der Waals surface area contributed by atoms with Gasteiger partial charge in [-0.1, -0.05) is 6.07 Å². The van der Waals surface area contributed by atoms with Crippen molar-refractivity contribution in [2.45, 2.75) is 19.8 Å². The molecule has 6 heteroatoms. The Morgan fingerprint density at radius 2 is 1.83 bits per heavy atom. The van der Waals surface area contributed by atoms with Gasteiger partial charge in [0.05, 0.1) is 13.2 Å². The number of benzene rings is 1. The molecule has 2 amide bonds. The molecule has 130 valence electrons. The van der Waals surface area contributed by atoms with Crippen LogP contribution in [-0.4, -0.2) is 56.1 Å². The lowest BCUT2D eigenvalue weighted by Crippen LogP contribution is -2.40. The second-order valence-electron chi connectivity index (χ2n) is 6.42. The number of morpholine rings is 1. The number of piperidine rings is 1. The molecule has 2 aliphatic rings. The summed E-state index contributed by atoms with van der Waals surface area (Å²) in [4.78, 5) is 27.9. The van der Waals surface area contributed by atoms with Crippen molar-refractivity contribution in [2.75, 3.05) is 49.6 Å². The van der Waals surface area contributed by atoms with Gasteiger partial charge in [-0.25, -0.2) is 0 Å². The molecule has 2 aliphatic heterocycles. The van der Waals surface area contributed by atoms with E-state index in [0.29, 0.717) is 13.1 Å². The van der Waals surface area contributed by atoms with Crippen molar-refractivity contribution >= 4 is 23.2 Å². The Hall–Kier alpha value is -2.08. The molecule has 6 nitrogen and oxygen atoms in total. The van der Waals surface area contributed by atoms with Crippen LogP contribution in [0.25, 0.3) is 0 Å². The van der Waals surface area contributed by atoms with Crippen LogP contribution in [0.2, 0.25) is 0 Å². The predicted molar refractivity (Wildman–Crippen MR) is 93.1 cm³/mol. The maximum atomic E-state index is 12.5. The molecule has 0 aromatic heterocycles. The molecule has 1 N–H and O–H groups in total. The Morgan fingerprint density at radius 1 is 1.12 bits per heavy atom. The molecule has 0 saturated carbocycles. The minimum absolute atomic E-state index is 0.0207. The minimum atomic E-state index is -0.0207. The molecule has 0 bridgehead atoms. The van der Waals surface area contributed by atoms with E-state index in [1.54, 1.807) is 6.92 Å². The predicted octanol–water partition coefficient (Wildman–Crippen LogP) is 1.72. The fraction of sp³-hybridized carbons (Fsp3) is 0.556. The highest BCUT2D eigenvalue weighted by Crippen LogP contribution is 2.23. The Labute approximate surface area is 142 Å². The van der Waals surface area contributed by atoms with E-state index in [-0.39, 0.29) is 17.7 Å². The first kappa shape index (κ1) is 16.8. The monoisotopic (exact) mass is 331 g/mol. The number of hydrogen-bond donors (Lipinski definition) is 1. The third-order valence-electron chi connectivity index (χ3n) is 4.80. The van der Waals surface area contributed by atoms with E-state index in [4.69, 9.17) is 4.74 Å². The molecule has 24 heavy (non-hydrogen) atoms. The minimum Gasteiger partial charge on any atom is -0.378 e. The van der Waals surface area contributed by atoms with Crippen molar-refractivity contribution in [1.82, 2.24) is 4.90 Å². The molecule has 1 aromatic rings. The molecule has 2 fully saturated rings. The van der Waals surface area contributed by atoms with Crippen LogP contribution in [0.4, 0.5) is 11.4 Å². The average molecular weight is 331 g/mol. The number of nitrogens with zero attached hydrogens (tertiary/aromatic N) is 2. The first-order valence-corrected chi connectivity index (χ1v) is 8.62. The molecule has 3 rings (SSSR count). The number of carbonyl (C=O) groups excluding carboxylic acids is 2. The molecule has 0 atom stereocenters. The van der Waals surface area contributed by atoms with Gasteiger partial charge in [0.25, 0.3) is 0 Å². The molecule has 2 heterocycles. The molecule has 2 saturated heterocycles. The summed E-state index contributed by atoms with van der Waals surface area (Å²) < 4.78 is 5.38. The zero-order valence-electron chi connectivity index (χ0n) is 14.2. The fourth-order valence-corrected chi connectivity index (χ4v) is 3.30. The van der Waals surface area contributed by atoms with Crippen molar-refractivity contribution < 1.29 is 14.3 Å². The van der Waals surface area contributed by atoms with E-state index in [9.17, 15) is 9.59 Å². The maximum Gasteiger partial charge on any atom is 0.227 e. The zero-order valence-corrected chi connectivity index (χ0v) is 14.2. The van der Waals surface area contributed by atoms with Gasteiger partial charge in [-0.3, -0.25) is 9.59 Å². The van der Waals surface area contributed by atoms with Gasteiger partial charge in [0, 0.05) is 50.4 Å². The van der Waals surface area contributed by atoms with Crippen molar-refractivity contribution in [3.63, 3.8) is 0 Å². The van der Waals surface area contributed by atoms with Gasteiger partial charge >= 0.3 is 0 Å². The zero-order chi connectivity index (χ0) is 16.9. The number of likely N-dealkylation sites (tertiary alicyclic amines) is 1. The van der Waals surface area contributed by atoms with Crippen LogP contribution in [0.5, 0.6) is 0 Å². The number of anilines is 2. The largest absolute Gasteiger partial charge is 0.378 e. The number of rotatable bonds is 3. The Bertz CT molecular complexity index is 591. The lowest BCUT2D eigenvalue weighted by molar-refractivity contribution is -0.132. The van der Waals surface area contributed by atoms with Crippen LogP contribution in [0.1, 0.15) is 19.8 Å². The Kier molecular flexibility index (Phi) is 5.35. The van der Waals surface area contributed by atoms with Crippen LogP contribution in [0.3, 0.4) is 0 Å². The van der Waals surface area contributed by atoms with Crippen molar-refractivity contribution in [2.24, 2.45) is 5.92 Å². The van der Waals surface area contributed by atoms with E-state index >= 15 is 0 Å². The third kappa shape index (κ3) is 4.06. The highest BCUT2D eigenvalue weighted by Gasteiger charge is 2.26. The van der Waals surface area contributed by atoms with Gasteiger partial charge in [-0.2, -0.15) is 0 Å². The Morgan fingerprint density at radius 3 is 2.50 bits per heavy atom. The first-order valence-electron chi connectivity index (χ1n) is 8.62. The van der Waals surface area contributed by atoms with Crippen LogP contribution in [0, 0.1) is 5.92 Å². The Balaban J connectivity index is 1.57. The SMILES string of the molecule is CC(=O)N1CCC(C(=O)Nc2cccc(N3CCOCC3)c2)CC1. The van der Waals surface area contributed by atoms with Crippen LogP contribution >= 0.6 is 0 Å². The van der Waals surface area contributed by atoms with E-state index in [2.05, 4.69) is 16.3 Å². The van der Waals surface area contributed by atoms with E-state index in [0.717, 1.165) is 50.5 Å². The van der Waals surface area contributed by atoms with Gasteiger partial charge in [0.1, 0.15) is 0 Å². The van der Waals surface area contributed by atoms with Crippen LogP contribution in [0.15, 0.2) is 24.3 Å². The standard InChI is InChI=1S/C18H25N3O3/c1-14(22)20-7-5-15(6-8-20)18(23)19-16-3-2-4-17(13-16)21-9-11-24-12-10-21/h2-4,13,15H,5-12H2,1H3,(H,19,23). The maximum absolute atomic E-state index is 12.5. The van der Waals surface area contributed by atoms with Gasteiger partial charge in [-0.05, 0) is 31.0 Å². The number of amides is 2. The van der Waals surface area contributed by atoms with E-state index in [1.807, 2.05) is 23.1 Å². The van der Waals surface area contributed by atoms with Gasteiger partial charge in [0.2, 0.25) is 11.8 Å². The molecular weight excluding hydrogens is 306 g/mol. The summed E-state index contributed by atoms with van der Waals surface area (Å²) in [5.74, 6) is 0.122. The molecule has 0 radical (unpaired) electrons. The van der Waals surface area contributed by atoms with Gasteiger partial charge < -0.3 is 19.9 Å². The van der Waals surface area contributed by atoms with Crippen molar-refractivity contribution in [3.8, 4) is 0 Å². The summed E-state index contributed by atoms with van der Waals surface area (Å²) in [6, 6.07) is 7.98. The highest BCUT2D eigenvalue weighted by atomic mass is 16.5. The molecule has 0 unspecified atom stereocenters. The van der Waals surface area contributed by atoms with E-state index < -0.39 is 0 Å². The summed E-state index contributed by atoms with van der Waals surface area (Å²) in [6.45, 7) is 6.15. The normalized spacial score (nSPS) is 19.2.